The van der Waals surface area contributed by atoms with Crippen molar-refractivity contribution in [2.24, 2.45) is 0 Å². The molecule has 0 aliphatic heterocycles. The van der Waals surface area contributed by atoms with E-state index in [9.17, 15) is 4.79 Å². The minimum Gasteiger partial charge on any atom is -0.306 e. The summed E-state index contributed by atoms with van der Waals surface area (Å²) in [4.78, 5) is 14.3. The van der Waals surface area contributed by atoms with Crippen LogP contribution >= 0.6 is 11.3 Å². The Morgan fingerprint density at radius 3 is 2.90 bits per heavy atom. The largest absolute Gasteiger partial charge is 0.306 e. The summed E-state index contributed by atoms with van der Waals surface area (Å²) in [5.74, 6) is 0.530. The molecule has 2 N–H and O–H groups in total. The first-order chi connectivity index (χ1) is 10.3. The van der Waals surface area contributed by atoms with Crippen molar-refractivity contribution < 1.29 is 4.79 Å². The van der Waals surface area contributed by atoms with Crippen LogP contribution in [-0.4, -0.2) is 16.1 Å². The van der Waals surface area contributed by atoms with Crippen molar-refractivity contribution in [1.82, 2.24) is 10.2 Å². The number of nitrogens with one attached hydrogen (secondary N) is 2. The van der Waals surface area contributed by atoms with E-state index >= 15 is 0 Å². The van der Waals surface area contributed by atoms with Crippen LogP contribution in [0.5, 0.6) is 0 Å². The fourth-order valence-corrected chi connectivity index (χ4v) is 3.86. The van der Waals surface area contributed by atoms with Gasteiger partial charge in [0, 0.05) is 10.9 Å². The molecular weight excluding hydrogens is 282 g/mol. The first-order valence-corrected chi connectivity index (χ1v) is 7.64. The summed E-state index contributed by atoms with van der Waals surface area (Å²) in [5.41, 5.74) is 3.91. The fourth-order valence-electron chi connectivity index (χ4n) is 2.69. The number of rotatable bonds is 2. The Bertz CT molecular complexity index is 805. The lowest BCUT2D eigenvalue weighted by Crippen LogP contribution is -2.10. The highest BCUT2D eigenvalue weighted by Gasteiger charge is 2.21. The summed E-state index contributed by atoms with van der Waals surface area (Å²) in [6.07, 6.45) is 3.66. The number of aryl methyl sites for hydroxylation is 2. The maximum absolute atomic E-state index is 12.3. The number of carbonyl (C=O) groups is 1. The van der Waals surface area contributed by atoms with Crippen LogP contribution in [0.2, 0.25) is 0 Å². The molecule has 1 aliphatic rings. The molecule has 21 heavy (non-hydrogen) atoms. The Morgan fingerprint density at radius 2 is 2.05 bits per heavy atom. The van der Waals surface area contributed by atoms with E-state index in [1.807, 2.05) is 6.07 Å². The van der Waals surface area contributed by atoms with Crippen molar-refractivity contribution in [3.05, 3.63) is 58.6 Å². The molecule has 0 saturated heterocycles. The number of amides is 1. The number of carbonyl (C=O) groups excluding carboxylic acids is 1. The van der Waals surface area contributed by atoms with Crippen molar-refractivity contribution >= 4 is 23.1 Å². The van der Waals surface area contributed by atoms with Crippen molar-refractivity contribution in [1.29, 1.82) is 0 Å². The normalized spacial score (nSPS) is 12.6. The number of benzene rings is 1. The number of H-pyrrole nitrogens is 1. The van der Waals surface area contributed by atoms with Gasteiger partial charge in [-0.3, -0.25) is 9.89 Å². The molecular formula is C16H13N3OS. The van der Waals surface area contributed by atoms with E-state index in [4.69, 9.17) is 0 Å². The Labute approximate surface area is 125 Å². The SMILES string of the molecule is O=C(Nc1ccn[nH]1)c1cc2c(s1)-c1ccccc1CC2. The monoisotopic (exact) mass is 295 g/mol. The molecule has 5 heteroatoms. The van der Waals surface area contributed by atoms with Crippen LogP contribution in [0.1, 0.15) is 20.8 Å². The second kappa shape index (κ2) is 4.86. The van der Waals surface area contributed by atoms with Crippen molar-refractivity contribution in [3.63, 3.8) is 0 Å². The number of thiophene rings is 1. The summed E-state index contributed by atoms with van der Waals surface area (Å²) >= 11 is 1.56. The van der Waals surface area contributed by atoms with E-state index in [-0.39, 0.29) is 5.91 Å². The average molecular weight is 295 g/mol. The first kappa shape index (κ1) is 12.3. The van der Waals surface area contributed by atoms with Gasteiger partial charge in [0.15, 0.2) is 0 Å². The predicted octanol–water partition coefficient (Wildman–Crippen LogP) is 3.49. The zero-order valence-corrected chi connectivity index (χ0v) is 12.0. The summed E-state index contributed by atoms with van der Waals surface area (Å²) < 4.78 is 0. The molecule has 4 nitrogen and oxygen atoms in total. The second-order valence-electron chi connectivity index (χ2n) is 5.05. The zero-order chi connectivity index (χ0) is 14.2. The van der Waals surface area contributed by atoms with E-state index in [0.29, 0.717) is 5.82 Å². The zero-order valence-electron chi connectivity index (χ0n) is 11.2. The molecule has 0 atom stereocenters. The van der Waals surface area contributed by atoms with Gasteiger partial charge in [0.2, 0.25) is 0 Å². The third kappa shape index (κ3) is 2.15. The standard InChI is InChI=1S/C16H13N3OS/c20-16(18-14-7-8-17-19-14)13-9-11-6-5-10-3-1-2-4-12(10)15(11)21-13/h1-4,7-9H,5-6H2,(H2,17,18,19,20). The van der Waals surface area contributed by atoms with Gasteiger partial charge in [-0.15, -0.1) is 11.3 Å². The van der Waals surface area contributed by atoms with Crippen LogP contribution in [-0.2, 0) is 12.8 Å². The highest BCUT2D eigenvalue weighted by Crippen LogP contribution is 2.39. The quantitative estimate of drug-likeness (QED) is 0.760. The molecule has 0 radical (unpaired) electrons. The van der Waals surface area contributed by atoms with Gasteiger partial charge >= 0.3 is 0 Å². The maximum atomic E-state index is 12.3. The van der Waals surface area contributed by atoms with Crippen molar-refractivity contribution in [3.8, 4) is 10.4 Å². The van der Waals surface area contributed by atoms with Crippen LogP contribution in [0, 0.1) is 0 Å². The molecule has 0 fully saturated rings. The van der Waals surface area contributed by atoms with Gasteiger partial charge in [0.05, 0.1) is 11.1 Å². The third-order valence-electron chi connectivity index (χ3n) is 3.71. The van der Waals surface area contributed by atoms with Gasteiger partial charge in [-0.25, -0.2) is 0 Å². The number of hydrogen-bond donors (Lipinski definition) is 2. The number of aromatic amines is 1. The van der Waals surface area contributed by atoms with Gasteiger partial charge in [0.1, 0.15) is 5.82 Å². The van der Waals surface area contributed by atoms with Crippen LogP contribution < -0.4 is 5.32 Å². The Morgan fingerprint density at radius 1 is 1.19 bits per heavy atom. The van der Waals surface area contributed by atoms with Crippen molar-refractivity contribution in [2.45, 2.75) is 12.8 Å². The van der Waals surface area contributed by atoms with E-state index in [0.717, 1.165) is 17.7 Å². The highest BCUT2D eigenvalue weighted by molar-refractivity contribution is 7.17. The molecule has 1 amide bonds. The van der Waals surface area contributed by atoms with Gasteiger partial charge in [-0.1, -0.05) is 24.3 Å². The van der Waals surface area contributed by atoms with E-state index < -0.39 is 0 Å². The number of anilines is 1. The lowest BCUT2D eigenvalue weighted by Gasteiger charge is -2.15. The summed E-state index contributed by atoms with van der Waals surface area (Å²) in [6, 6.07) is 12.2. The van der Waals surface area contributed by atoms with E-state index in [2.05, 4.69) is 39.8 Å². The fraction of sp³-hybridized carbons (Fsp3) is 0.125. The number of nitrogens with zero attached hydrogens (tertiary/aromatic N) is 1. The number of hydrogen-bond acceptors (Lipinski definition) is 3. The summed E-state index contributed by atoms with van der Waals surface area (Å²) in [7, 11) is 0. The van der Waals surface area contributed by atoms with Crippen LogP contribution in [0.25, 0.3) is 10.4 Å². The van der Waals surface area contributed by atoms with Gasteiger partial charge in [0.25, 0.3) is 5.91 Å². The van der Waals surface area contributed by atoms with Crippen LogP contribution in [0.4, 0.5) is 5.82 Å². The second-order valence-corrected chi connectivity index (χ2v) is 6.10. The third-order valence-corrected chi connectivity index (χ3v) is 4.92. The molecule has 0 spiro atoms. The Balaban J connectivity index is 1.68. The summed E-state index contributed by atoms with van der Waals surface area (Å²) in [5, 5.41) is 9.39. The predicted molar refractivity (Wildman–Crippen MR) is 83.7 cm³/mol. The van der Waals surface area contributed by atoms with Crippen molar-refractivity contribution in [2.75, 3.05) is 5.32 Å². The molecule has 1 aromatic carbocycles. The topological polar surface area (TPSA) is 57.8 Å². The smallest absolute Gasteiger partial charge is 0.266 e. The molecule has 2 aromatic heterocycles. The van der Waals surface area contributed by atoms with E-state index in [1.165, 1.54) is 21.6 Å². The average Bonchev–Trinajstić information content (AvgIpc) is 3.15. The number of fused-ring (bicyclic) bond motifs is 3. The van der Waals surface area contributed by atoms with E-state index in [1.54, 1.807) is 23.6 Å². The first-order valence-electron chi connectivity index (χ1n) is 6.83. The molecule has 0 unspecified atom stereocenters. The van der Waals surface area contributed by atoms with Gasteiger partial charge in [-0.05, 0) is 35.6 Å². The maximum Gasteiger partial charge on any atom is 0.266 e. The molecule has 104 valence electrons. The Kier molecular flexibility index (Phi) is 2.86. The van der Waals surface area contributed by atoms with Crippen LogP contribution in [0.3, 0.4) is 0 Å². The van der Waals surface area contributed by atoms with Crippen LogP contribution in [0.15, 0.2) is 42.6 Å². The molecule has 0 saturated carbocycles. The Hall–Kier alpha value is -2.40. The lowest BCUT2D eigenvalue weighted by atomic mass is 9.91. The van der Waals surface area contributed by atoms with Gasteiger partial charge in [-0.2, -0.15) is 5.10 Å². The highest BCUT2D eigenvalue weighted by atomic mass is 32.1. The van der Waals surface area contributed by atoms with Gasteiger partial charge < -0.3 is 5.32 Å². The molecule has 4 rings (SSSR count). The molecule has 0 bridgehead atoms. The molecule has 1 aliphatic carbocycles. The minimum atomic E-state index is -0.0869. The number of aromatic nitrogens is 2. The molecule has 3 aromatic rings. The summed E-state index contributed by atoms with van der Waals surface area (Å²) in [6.45, 7) is 0. The molecule has 2 heterocycles. The minimum absolute atomic E-state index is 0.0869. The lowest BCUT2D eigenvalue weighted by molar-refractivity contribution is 0.103.